The fourth-order valence-corrected chi connectivity index (χ4v) is 3.76. The highest BCUT2D eigenvalue weighted by Gasteiger charge is 2.26. The monoisotopic (exact) mass is 445 g/mol. The van der Waals surface area contributed by atoms with Gasteiger partial charge in [-0.05, 0) is 47.5 Å². The molecule has 1 fully saturated rings. The molecule has 33 heavy (non-hydrogen) atoms. The number of hydrogen-bond donors (Lipinski definition) is 1. The van der Waals surface area contributed by atoms with Gasteiger partial charge in [0.25, 0.3) is 5.91 Å². The maximum Gasteiger partial charge on any atom is 0.253 e. The molecule has 0 unspecified atom stereocenters. The molecule has 0 bridgehead atoms. The number of anilines is 1. The van der Waals surface area contributed by atoms with E-state index in [2.05, 4.69) is 5.32 Å². The molecule has 1 aliphatic rings. The molecule has 0 saturated carbocycles. The summed E-state index contributed by atoms with van der Waals surface area (Å²) in [7, 11) is 0. The predicted octanol–water partition coefficient (Wildman–Crippen LogP) is 3.81. The Morgan fingerprint density at radius 3 is 1.94 bits per heavy atom. The number of benzene rings is 3. The maximum atomic E-state index is 13.1. The molecule has 3 amide bonds. The van der Waals surface area contributed by atoms with Gasteiger partial charge in [0.2, 0.25) is 11.8 Å². The Morgan fingerprint density at radius 2 is 1.30 bits per heavy atom. The van der Waals surface area contributed by atoms with Crippen molar-refractivity contribution >= 4 is 23.4 Å². The zero-order valence-electron chi connectivity index (χ0n) is 18.0. The molecular formula is C26H24FN3O3. The summed E-state index contributed by atoms with van der Waals surface area (Å²) < 4.78 is 13.1. The highest BCUT2D eigenvalue weighted by Crippen LogP contribution is 2.21. The van der Waals surface area contributed by atoms with Gasteiger partial charge in [-0.25, -0.2) is 4.39 Å². The molecule has 1 aliphatic heterocycles. The van der Waals surface area contributed by atoms with Crippen molar-refractivity contribution in [2.45, 2.75) is 6.42 Å². The van der Waals surface area contributed by atoms with Gasteiger partial charge < -0.3 is 15.1 Å². The Labute approximate surface area is 191 Å². The first kappa shape index (κ1) is 22.2. The summed E-state index contributed by atoms with van der Waals surface area (Å²) in [6.45, 7) is 1.44. The third-order valence-corrected chi connectivity index (χ3v) is 5.60. The fraction of sp³-hybridized carbons (Fsp3) is 0.192. The van der Waals surface area contributed by atoms with Crippen LogP contribution < -0.4 is 5.32 Å². The number of halogens is 1. The van der Waals surface area contributed by atoms with Crippen molar-refractivity contribution in [3.8, 4) is 11.1 Å². The number of rotatable bonds is 5. The van der Waals surface area contributed by atoms with Gasteiger partial charge in [-0.1, -0.05) is 42.5 Å². The molecule has 7 heteroatoms. The first-order valence-corrected chi connectivity index (χ1v) is 10.8. The lowest BCUT2D eigenvalue weighted by Crippen LogP contribution is -2.51. The molecular weight excluding hydrogens is 421 g/mol. The van der Waals surface area contributed by atoms with Gasteiger partial charge in [-0.3, -0.25) is 14.4 Å². The summed E-state index contributed by atoms with van der Waals surface area (Å²) in [6, 6.07) is 22.8. The van der Waals surface area contributed by atoms with Gasteiger partial charge in [-0.2, -0.15) is 0 Å². The van der Waals surface area contributed by atoms with E-state index in [1.807, 2.05) is 54.6 Å². The summed E-state index contributed by atoms with van der Waals surface area (Å²) in [5.41, 5.74) is 3.16. The highest BCUT2D eigenvalue weighted by atomic mass is 19.1. The van der Waals surface area contributed by atoms with E-state index in [0.717, 1.165) is 11.1 Å². The van der Waals surface area contributed by atoms with Gasteiger partial charge >= 0.3 is 0 Å². The number of nitrogens with one attached hydrogen (secondary N) is 1. The van der Waals surface area contributed by atoms with Crippen LogP contribution in [0.15, 0.2) is 78.9 Å². The van der Waals surface area contributed by atoms with E-state index in [9.17, 15) is 18.8 Å². The van der Waals surface area contributed by atoms with E-state index >= 15 is 0 Å². The van der Waals surface area contributed by atoms with Crippen molar-refractivity contribution < 1.29 is 18.8 Å². The number of amides is 3. The van der Waals surface area contributed by atoms with Crippen molar-refractivity contribution in [3.05, 3.63) is 90.2 Å². The SMILES string of the molecule is O=C(CC(=O)N1CCN(C(=O)c2ccc(F)cc2)CC1)Nc1ccc(-c2ccccc2)cc1. The molecule has 0 atom stereocenters. The number of nitrogens with zero attached hydrogens (tertiary/aromatic N) is 2. The second kappa shape index (κ2) is 10.1. The third kappa shape index (κ3) is 5.63. The van der Waals surface area contributed by atoms with Crippen LogP contribution in [0.2, 0.25) is 0 Å². The molecule has 3 aromatic carbocycles. The second-order valence-electron chi connectivity index (χ2n) is 7.85. The lowest BCUT2D eigenvalue weighted by Gasteiger charge is -2.34. The largest absolute Gasteiger partial charge is 0.339 e. The molecule has 168 valence electrons. The van der Waals surface area contributed by atoms with E-state index < -0.39 is 5.82 Å². The molecule has 1 saturated heterocycles. The fourth-order valence-electron chi connectivity index (χ4n) is 3.76. The number of hydrogen-bond acceptors (Lipinski definition) is 3. The molecule has 6 nitrogen and oxygen atoms in total. The predicted molar refractivity (Wildman–Crippen MR) is 124 cm³/mol. The van der Waals surface area contributed by atoms with Gasteiger partial charge in [0.05, 0.1) is 0 Å². The van der Waals surface area contributed by atoms with E-state index in [1.165, 1.54) is 24.3 Å². The number of carbonyl (C=O) groups excluding carboxylic acids is 3. The van der Waals surface area contributed by atoms with Crippen molar-refractivity contribution in [2.24, 2.45) is 0 Å². The van der Waals surface area contributed by atoms with Crippen LogP contribution in [0.4, 0.5) is 10.1 Å². The molecule has 1 N–H and O–H groups in total. The first-order valence-electron chi connectivity index (χ1n) is 10.8. The minimum Gasteiger partial charge on any atom is -0.339 e. The molecule has 3 aromatic rings. The standard InChI is InChI=1S/C26H24FN3O3/c27-22-10-6-21(7-11-22)26(33)30-16-14-29(15-17-30)25(32)18-24(31)28-23-12-8-20(9-13-23)19-4-2-1-3-5-19/h1-13H,14-18H2,(H,28,31). The van der Waals surface area contributed by atoms with Crippen LogP contribution in [-0.2, 0) is 9.59 Å². The zero-order chi connectivity index (χ0) is 23.2. The average molecular weight is 445 g/mol. The normalized spacial score (nSPS) is 13.5. The van der Waals surface area contributed by atoms with Crippen LogP contribution in [0.1, 0.15) is 16.8 Å². The highest BCUT2D eigenvalue weighted by molar-refractivity contribution is 6.03. The van der Waals surface area contributed by atoms with E-state index in [1.54, 1.807) is 9.80 Å². The number of carbonyl (C=O) groups is 3. The van der Waals surface area contributed by atoms with Crippen LogP contribution in [0, 0.1) is 5.82 Å². The van der Waals surface area contributed by atoms with Crippen LogP contribution in [0.25, 0.3) is 11.1 Å². The summed E-state index contributed by atoms with van der Waals surface area (Å²) in [4.78, 5) is 40.6. The average Bonchev–Trinajstić information content (AvgIpc) is 2.85. The minimum absolute atomic E-state index is 0.196. The van der Waals surface area contributed by atoms with Crippen LogP contribution in [-0.4, -0.2) is 53.7 Å². The Morgan fingerprint density at radius 1 is 0.727 bits per heavy atom. The molecule has 0 aliphatic carbocycles. The van der Waals surface area contributed by atoms with E-state index in [-0.39, 0.29) is 24.1 Å². The van der Waals surface area contributed by atoms with Crippen molar-refractivity contribution in [3.63, 3.8) is 0 Å². The maximum absolute atomic E-state index is 13.1. The Hall–Kier alpha value is -4.00. The lowest BCUT2D eigenvalue weighted by atomic mass is 10.1. The molecule has 0 aromatic heterocycles. The summed E-state index contributed by atoms with van der Waals surface area (Å²) in [6.07, 6.45) is -0.258. The van der Waals surface area contributed by atoms with Crippen LogP contribution in [0.3, 0.4) is 0 Å². The summed E-state index contributed by atoms with van der Waals surface area (Å²) in [5, 5.41) is 2.76. The molecule has 4 rings (SSSR count). The van der Waals surface area contributed by atoms with Crippen LogP contribution in [0.5, 0.6) is 0 Å². The van der Waals surface area contributed by atoms with Gasteiger partial charge in [0.15, 0.2) is 0 Å². The van der Waals surface area contributed by atoms with Gasteiger partial charge in [-0.15, -0.1) is 0 Å². The Bertz CT molecular complexity index is 1120. The Balaban J connectivity index is 1.25. The summed E-state index contributed by atoms with van der Waals surface area (Å²) >= 11 is 0. The number of piperazine rings is 1. The second-order valence-corrected chi connectivity index (χ2v) is 7.85. The van der Waals surface area contributed by atoms with Gasteiger partial charge in [0, 0.05) is 37.4 Å². The van der Waals surface area contributed by atoms with E-state index in [0.29, 0.717) is 37.4 Å². The van der Waals surface area contributed by atoms with Crippen molar-refractivity contribution in [1.29, 1.82) is 0 Å². The third-order valence-electron chi connectivity index (χ3n) is 5.60. The topological polar surface area (TPSA) is 69.7 Å². The quantitative estimate of drug-likeness (QED) is 0.608. The van der Waals surface area contributed by atoms with Crippen LogP contribution >= 0.6 is 0 Å². The lowest BCUT2D eigenvalue weighted by molar-refractivity contribution is -0.135. The molecule has 0 radical (unpaired) electrons. The zero-order valence-corrected chi connectivity index (χ0v) is 18.0. The van der Waals surface area contributed by atoms with Crippen molar-refractivity contribution in [2.75, 3.05) is 31.5 Å². The Kier molecular flexibility index (Phi) is 6.78. The van der Waals surface area contributed by atoms with E-state index in [4.69, 9.17) is 0 Å². The van der Waals surface area contributed by atoms with Crippen molar-refractivity contribution in [1.82, 2.24) is 9.80 Å². The first-order chi connectivity index (χ1) is 16.0. The molecule has 0 spiro atoms. The van der Waals surface area contributed by atoms with Gasteiger partial charge in [0.1, 0.15) is 12.2 Å². The summed E-state index contributed by atoms with van der Waals surface area (Å²) in [5.74, 6) is -1.24. The smallest absolute Gasteiger partial charge is 0.253 e. The molecule has 1 heterocycles. The minimum atomic E-state index is -0.396.